The van der Waals surface area contributed by atoms with Crippen LogP contribution in [-0.4, -0.2) is 60.1 Å². The number of amides is 2. The lowest BCUT2D eigenvalue weighted by molar-refractivity contribution is -0.148. The quantitative estimate of drug-likeness (QED) is 0.570. The van der Waals surface area contributed by atoms with Gasteiger partial charge >= 0.3 is 5.97 Å². The highest BCUT2D eigenvalue weighted by Gasteiger charge is 2.31. The largest absolute Gasteiger partial charge is 0.454 e. The first-order chi connectivity index (χ1) is 15.1. The number of ether oxygens (including phenoxy) is 1. The zero-order valence-electron chi connectivity index (χ0n) is 17.5. The van der Waals surface area contributed by atoms with Crippen LogP contribution in [0.5, 0.6) is 0 Å². The zero-order valence-corrected chi connectivity index (χ0v) is 19.1. The van der Waals surface area contributed by atoms with Gasteiger partial charge in [-0.15, -0.1) is 0 Å². The predicted molar refractivity (Wildman–Crippen MR) is 117 cm³/mol. The fourth-order valence-electron chi connectivity index (χ4n) is 3.28. The van der Waals surface area contributed by atoms with E-state index in [4.69, 9.17) is 16.3 Å². The zero-order chi connectivity index (χ0) is 23.5. The maximum Gasteiger partial charge on any atom is 0.328 e. The van der Waals surface area contributed by atoms with Gasteiger partial charge in [0.1, 0.15) is 11.9 Å². The lowest BCUT2D eigenvalue weighted by atomic mass is 10.2. The summed E-state index contributed by atoms with van der Waals surface area (Å²) < 4.78 is 30.0. The Hall–Kier alpha value is -2.92. The summed E-state index contributed by atoms with van der Waals surface area (Å²) in [5.74, 6) is -1.62. The fourth-order valence-corrected chi connectivity index (χ4v) is 5.19. The third kappa shape index (κ3) is 5.86. The van der Waals surface area contributed by atoms with Gasteiger partial charge in [-0.3, -0.25) is 9.59 Å². The fraction of sp³-hybridized carbons (Fsp3) is 0.400. The van der Waals surface area contributed by atoms with Crippen molar-refractivity contribution < 1.29 is 27.5 Å². The minimum Gasteiger partial charge on any atom is -0.454 e. The Bertz CT molecular complexity index is 1150. The van der Waals surface area contributed by atoms with Gasteiger partial charge in [-0.1, -0.05) is 23.7 Å². The summed E-state index contributed by atoms with van der Waals surface area (Å²) in [5.41, 5.74) is 0.821. The number of aromatic nitrogens is 2. The van der Waals surface area contributed by atoms with Crippen molar-refractivity contribution in [2.45, 2.75) is 32.4 Å². The number of benzene rings is 1. The van der Waals surface area contributed by atoms with E-state index in [-0.39, 0.29) is 28.1 Å². The number of esters is 1. The summed E-state index contributed by atoms with van der Waals surface area (Å²) in [6.07, 6.45) is 0.407. The molecule has 2 heterocycles. The van der Waals surface area contributed by atoms with E-state index in [1.54, 1.807) is 31.2 Å². The molecule has 0 radical (unpaired) electrons. The van der Waals surface area contributed by atoms with Gasteiger partial charge in [0.2, 0.25) is 0 Å². The summed E-state index contributed by atoms with van der Waals surface area (Å²) in [6.45, 7) is 2.56. The first-order valence-electron chi connectivity index (χ1n) is 9.84. The van der Waals surface area contributed by atoms with Crippen LogP contribution in [0, 0.1) is 6.92 Å². The lowest BCUT2D eigenvalue weighted by Gasteiger charge is -2.15. The standard InChI is InChI=1S/C20H23ClN4O6S/c1-12-9-17(25(24-12)14-7-8-32(29,30)11-14)23-18(26)10-31-20(28)13(2)22-19(27)15-5-3-4-6-16(15)21/h3-6,9,13-14H,7-8,10-11H2,1-2H3,(H,22,27)(H,23,26)/t13-,14?/m0/s1. The van der Waals surface area contributed by atoms with Gasteiger partial charge in [0, 0.05) is 6.07 Å². The molecule has 2 N–H and O–H groups in total. The molecule has 12 heteroatoms. The number of rotatable bonds is 7. The number of hydrogen-bond donors (Lipinski definition) is 2. The first-order valence-corrected chi connectivity index (χ1v) is 12.0. The molecule has 0 aliphatic carbocycles. The minimum atomic E-state index is -3.13. The van der Waals surface area contributed by atoms with Crippen molar-refractivity contribution in [3.8, 4) is 0 Å². The summed E-state index contributed by atoms with van der Waals surface area (Å²) in [6, 6.07) is 6.61. The van der Waals surface area contributed by atoms with Crippen molar-refractivity contribution in [2.75, 3.05) is 23.4 Å². The molecule has 2 amide bonds. The molecule has 1 aliphatic rings. The Labute approximate surface area is 190 Å². The SMILES string of the molecule is Cc1cc(NC(=O)COC(=O)[C@H](C)NC(=O)c2ccccc2Cl)n(C2CCS(=O)(=O)C2)n1. The topological polar surface area (TPSA) is 136 Å². The molecule has 10 nitrogen and oxygen atoms in total. The molecular weight excluding hydrogens is 460 g/mol. The number of halogens is 1. The smallest absolute Gasteiger partial charge is 0.328 e. The number of sulfone groups is 1. The molecule has 1 unspecified atom stereocenters. The molecule has 2 aromatic rings. The monoisotopic (exact) mass is 482 g/mol. The van der Waals surface area contributed by atoms with Crippen molar-refractivity contribution in [1.29, 1.82) is 0 Å². The van der Waals surface area contributed by atoms with E-state index in [1.165, 1.54) is 17.7 Å². The van der Waals surface area contributed by atoms with Gasteiger partial charge < -0.3 is 15.4 Å². The molecule has 2 atom stereocenters. The van der Waals surface area contributed by atoms with Crippen LogP contribution < -0.4 is 10.6 Å². The molecule has 1 fully saturated rings. The van der Waals surface area contributed by atoms with Crippen LogP contribution in [0.15, 0.2) is 30.3 Å². The van der Waals surface area contributed by atoms with E-state index in [0.29, 0.717) is 17.9 Å². The Morgan fingerprint density at radius 1 is 1.31 bits per heavy atom. The molecular formula is C20H23ClN4O6S. The lowest BCUT2D eigenvalue weighted by Crippen LogP contribution is -2.40. The number of hydrogen-bond acceptors (Lipinski definition) is 7. The van der Waals surface area contributed by atoms with Crippen molar-refractivity contribution in [3.63, 3.8) is 0 Å². The molecule has 0 saturated carbocycles. The van der Waals surface area contributed by atoms with Gasteiger partial charge in [0.15, 0.2) is 16.4 Å². The van der Waals surface area contributed by atoms with Gasteiger partial charge in [-0.25, -0.2) is 17.9 Å². The summed E-state index contributed by atoms with van der Waals surface area (Å²) in [4.78, 5) is 36.7. The van der Waals surface area contributed by atoms with Gasteiger partial charge in [-0.2, -0.15) is 5.10 Å². The van der Waals surface area contributed by atoms with Crippen LogP contribution in [0.1, 0.15) is 35.4 Å². The molecule has 1 aromatic carbocycles. The Morgan fingerprint density at radius 2 is 2.03 bits per heavy atom. The minimum absolute atomic E-state index is 0.0470. The summed E-state index contributed by atoms with van der Waals surface area (Å²) in [5, 5.41) is 9.57. The second kappa shape index (κ2) is 9.70. The number of nitrogens with zero attached hydrogens (tertiary/aromatic N) is 2. The van der Waals surface area contributed by atoms with E-state index in [9.17, 15) is 22.8 Å². The van der Waals surface area contributed by atoms with E-state index in [0.717, 1.165) is 0 Å². The van der Waals surface area contributed by atoms with Crippen LogP contribution >= 0.6 is 11.6 Å². The molecule has 1 aromatic heterocycles. The first kappa shape index (κ1) is 23.7. The Morgan fingerprint density at radius 3 is 2.69 bits per heavy atom. The van der Waals surface area contributed by atoms with Gasteiger partial charge in [-0.05, 0) is 32.4 Å². The molecule has 1 saturated heterocycles. The Kier molecular flexibility index (Phi) is 7.19. The summed E-state index contributed by atoms with van der Waals surface area (Å²) in [7, 11) is -3.13. The third-order valence-electron chi connectivity index (χ3n) is 4.84. The second-order valence-corrected chi connectivity index (χ2v) is 10.1. The maximum absolute atomic E-state index is 12.3. The molecule has 0 spiro atoms. The predicted octanol–water partition coefficient (Wildman–Crippen LogP) is 1.50. The molecule has 172 valence electrons. The maximum atomic E-state index is 12.3. The normalized spacial score (nSPS) is 18.0. The third-order valence-corrected chi connectivity index (χ3v) is 6.92. The van der Waals surface area contributed by atoms with E-state index in [1.807, 2.05) is 0 Å². The molecule has 32 heavy (non-hydrogen) atoms. The number of aryl methyl sites for hydroxylation is 1. The highest BCUT2D eigenvalue weighted by atomic mass is 35.5. The van der Waals surface area contributed by atoms with E-state index < -0.39 is 40.3 Å². The highest BCUT2D eigenvalue weighted by molar-refractivity contribution is 7.91. The average molecular weight is 483 g/mol. The molecule has 1 aliphatic heterocycles. The number of nitrogens with one attached hydrogen (secondary N) is 2. The van der Waals surface area contributed by atoms with Gasteiger partial charge in [0.25, 0.3) is 11.8 Å². The Balaban J connectivity index is 1.53. The van der Waals surface area contributed by atoms with Crippen LogP contribution in [0.3, 0.4) is 0 Å². The van der Waals surface area contributed by atoms with E-state index in [2.05, 4.69) is 15.7 Å². The number of carbonyl (C=O) groups excluding carboxylic acids is 3. The van der Waals surface area contributed by atoms with Crippen molar-refractivity contribution in [2.24, 2.45) is 0 Å². The van der Waals surface area contributed by atoms with Gasteiger partial charge in [0.05, 0.1) is 33.8 Å². The van der Waals surface area contributed by atoms with Crippen molar-refractivity contribution >= 4 is 45.0 Å². The number of anilines is 1. The number of carbonyl (C=O) groups is 3. The van der Waals surface area contributed by atoms with Crippen LogP contribution in [0.2, 0.25) is 5.02 Å². The molecule has 3 rings (SSSR count). The van der Waals surface area contributed by atoms with Crippen molar-refractivity contribution in [3.05, 3.63) is 46.6 Å². The van der Waals surface area contributed by atoms with Crippen LogP contribution in [0.4, 0.5) is 5.82 Å². The van der Waals surface area contributed by atoms with Crippen molar-refractivity contribution in [1.82, 2.24) is 15.1 Å². The van der Waals surface area contributed by atoms with E-state index >= 15 is 0 Å². The summed E-state index contributed by atoms with van der Waals surface area (Å²) >= 11 is 5.97. The molecule has 0 bridgehead atoms. The second-order valence-electron chi connectivity index (χ2n) is 7.50. The van der Waals surface area contributed by atoms with Crippen LogP contribution in [-0.2, 0) is 24.2 Å². The van der Waals surface area contributed by atoms with Crippen LogP contribution in [0.25, 0.3) is 0 Å². The highest BCUT2D eigenvalue weighted by Crippen LogP contribution is 2.27. The average Bonchev–Trinajstić information content (AvgIpc) is 3.27.